The van der Waals surface area contributed by atoms with Crippen LogP contribution in [-0.2, 0) is 18.9 Å². The minimum Gasteiger partial charge on any atom is -0.502 e. The van der Waals surface area contributed by atoms with E-state index < -0.39 is 18.7 Å². The van der Waals surface area contributed by atoms with E-state index in [-0.39, 0.29) is 18.9 Å². The maximum absolute atomic E-state index is 12.0. The van der Waals surface area contributed by atoms with Crippen molar-refractivity contribution in [2.45, 2.75) is 5.60 Å². The zero-order valence-corrected chi connectivity index (χ0v) is 10.8. The van der Waals surface area contributed by atoms with Gasteiger partial charge in [-0.3, -0.25) is 19.5 Å². The molecule has 2 aliphatic heterocycles. The summed E-state index contributed by atoms with van der Waals surface area (Å²) in [6, 6.07) is 5.36. The second kappa shape index (κ2) is 4.18. The van der Waals surface area contributed by atoms with Crippen LogP contribution in [0.5, 0.6) is 0 Å². The van der Waals surface area contributed by atoms with Crippen molar-refractivity contribution in [3.63, 3.8) is 0 Å². The van der Waals surface area contributed by atoms with E-state index in [9.17, 15) is 9.59 Å². The molecular formula is C11H12B2N2O4. The fourth-order valence-corrected chi connectivity index (χ4v) is 2.44. The summed E-state index contributed by atoms with van der Waals surface area (Å²) in [5, 5.41) is 0. The molecule has 0 saturated carbocycles. The number of carbonyl (C=O) groups is 2. The summed E-state index contributed by atoms with van der Waals surface area (Å²) in [6.07, 6.45) is 0. The highest BCUT2D eigenvalue weighted by atomic mass is 16.7. The first-order chi connectivity index (χ1) is 9.01. The molecule has 0 aromatic carbocycles. The highest BCUT2D eigenvalue weighted by Crippen LogP contribution is 2.29. The minimum absolute atomic E-state index is 0.197. The molecule has 2 fully saturated rings. The second-order valence-electron chi connectivity index (χ2n) is 4.98. The first kappa shape index (κ1) is 12.4. The molecule has 1 aromatic rings. The molecule has 0 bridgehead atoms. The van der Waals surface area contributed by atoms with Crippen molar-refractivity contribution >= 4 is 37.9 Å². The summed E-state index contributed by atoms with van der Waals surface area (Å²) >= 11 is 0. The summed E-state index contributed by atoms with van der Waals surface area (Å²) in [4.78, 5) is 30.0. The Morgan fingerprint density at radius 3 is 2.89 bits per heavy atom. The van der Waals surface area contributed by atoms with Crippen LogP contribution in [0.2, 0.25) is 0 Å². The van der Waals surface area contributed by atoms with E-state index >= 15 is 0 Å². The minimum atomic E-state index is -1.47. The first-order valence-electron chi connectivity index (χ1n) is 6.05. The quantitative estimate of drug-likeness (QED) is 0.391. The number of ketones is 1. The zero-order valence-electron chi connectivity index (χ0n) is 10.8. The van der Waals surface area contributed by atoms with Crippen LogP contribution in [0, 0.1) is 0 Å². The van der Waals surface area contributed by atoms with Crippen molar-refractivity contribution in [2.24, 2.45) is 0 Å². The Labute approximate surface area is 111 Å². The molecule has 0 aliphatic carbocycles. The number of rotatable bonds is 1. The fourth-order valence-electron chi connectivity index (χ4n) is 2.44. The van der Waals surface area contributed by atoms with Crippen molar-refractivity contribution in [1.29, 1.82) is 0 Å². The second-order valence-corrected chi connectivity index (χ2v) is 4.98. The van der Waals surface area contributed by atoms with E-state index in [4.69, 9.17) is 9.31 Å². The molecule has 96 valence electrons. The summed E-state index contributed by atoms with van der Waals surface area (Å²) in [7, 11) is 2.70. The van der Waals surface area contributed by atoms with Gasteiger partial charge < -0.3 is 9.31 Å². The number of carbonyl (C=O) groups excluding carboxylic acids is 2. The van der Waals surface area contributed by atoms with E-state index in [1.807, 2.05) is 20.0 Å². The Balaban J connectivity index is 1.90. The zero-order chi connectivity index (χ0) is 13.6. The van der Waals surface area contributed by atoms with Crippen molar-refractivity contribution < 1.29 is 18.9 Å². The Kier molecular flexibility index (Phi) is 2.72. The average molecular weight is 258 g/mol. The van der Waals surface area contributed by atoms with Crippen LogP contribution in [-0.4, -0.2) is 62.3 Å². The third-order valence-electron chi connectivity index (χ3n) is 3.36. The lowest BCUT2D eigenvalue weighted by molar-refractivity contribution is -0.148. The van der Waals surface area contributed by atoms with Gasteiger partial charge in [0.15, 0.2) is 13.6 Å². The number of nitrogens with zero attached hydrogens (tertiary/aromatic N) is 2. The van der Waals surface area contributed by atoms with Crippen LogP contribution in [0.1, 0.15) is 0 Å². The number of hydrogen-bond acceptors (Lipinski definition) is 6. The third kappa shape index (κ3) is 1.87. The molecule has 1 spiro atoms. The highest BCUT2D eigenvalue weighted by Gasteiger charge is 2.61. The van der Waals surface area contributed by atoms with Gasteiger partial charge in [-0.15, -0.1) is 0 Å². The Hall–Kier alpha value is -1.66. The van der Waals surface area contributed by atoms with Gasteiger partial charge in [0.25, 0.3) is 0 Å². The van der Waals surface area contributed by atoms with Crippen LogP contribution in [0.25, 0.3) is 0 Å². The fraction of sp³-hybridized carbons (Fsp3) is 0.364. The lowest BCUT2D eigenvalue weighted by Crippen LogP contribution is -2.47. The van der Waals surface area contributed by atoms with E-state index in [0.29, 0.717) is 5.59 Å². The summed E-state index contributed by atoms with van der Waals surface area (Å²) in [6.45, 7) is 0.427. The Bertz CT molecular complexity index is 567. The Morgan fingerprint density at radius 1 is 1.47 bits per heavy atom. The van der Waals surface area contributed by atoms with Crippen LogP contribution in [0.4, 0.5) is 0 Å². The van der Waals surface area contributed by atoms with E-state index in [1.165, 1.54) is 0 Å². The van der Waals surface area contributed by atoms with Crippen LogP contribution >= 0.6 is 0 Å². The lowest BCUT2D eigenvalue weighted by Gasteiger charge is -2.16. The Morgan fingerprint density at radius 2 is 2.26 bits per heavy atom. The van der Waals surface area contributed by atoms with Gasteiger partial charge in [-0.1, -0.05) is 12.1 Å². The summed E-state index contributed by atoms with van der Waals surface area (Å²) < 4.78 is 10.8. The number of likely N-dealkylation sites (N-methyl/N-ethyl adjacent to an activating group) is 1. The van der Waals surface area contributed by atoms with Crippen molar-refractivity contribution in [3.05, 3.63) is 18.2 Å². The molecule has 0 radical (unpaired) electrons. The topological polar surface area (TPSA) is 68.7 Å². The number of hydrogen-bond donors (Lipinski definition) is 0. The van der Waals surface area contributed by atoms with Gasteiger partial charge in [-0.05, 0) is 18.7 Å². The van der Waals surface area contributed by atoms with Gasteiger partial charge in [-0.2, -0.15) is 0 Å². The predicted molar refractivity (Wildman–Crippen MR) is 70.2 cm³/mol. The van der Waals surface area contributed by atoms with Gasteiger partial charge >= 0.3 is 13.1 Å². The molecule has 8 heteroatoms. The van der Waals surface area contributed by atoms with Crippen molar-refractivity contribution in [1.82, 2.24) is 9.88 Å². The van der Waals surface area contributed by atoms with Gasteiger partial charge in [0.05, 0.1) is 12.1 Å². The monoisotopic (exact) mass is 258 g/mol. The first-order valence-corrected chi connectivity index (χ1v) is 6.05. The maximum atomic E-state index is 12.0. The van der Waals surface area contributed by atoms with Gasteiger partial charge in [0.1, 0.15) is 0 Å². The molecule has 3 heterocycles. The number of likely N-dealkylation sites (tertiary alicyclic amines) is 1. The molecule has 2 saturated heterocycles. The van der Waals surface area contributed by atoms with Crippen molar-refractivity contribution in [2.75, 3.05) is 20.1 Å². The molecule has 1 aromatic heterocycles. The van der Waals surface area contributed by atoms with Crippen LogP contribution < -0.4 is 11.2 Å². The van der Waals surface area contributed by atoms with E-state index in [0.717, 1.165) is 5.59 Å². The lowest BCUT2D eigenvalue weighted by atomic mass is 9.83. The van der Waals surface area contributed by atoms with Gasteiger partial charge in [0, 0.05) is 6.54 Å². The predicted octanol–water partition coefficient (Wildman–Crippen LogP) is -3.14. The molecule has 1 atom stereocenters. The van der Waals surface area contributed by atoms with Crippen LogP contribution in [0.15, 0.2) is 18.2 Å². The molecular weight excluding hydrogens is 246 g/mol. The summed E-state index contributed by atoms with van der Waals surface area (Å²) in [5.74, 6) is -0.870. The molecule has 0 amide bonds. The normalized spacial score (nSPS) is 27.3. The average Bonchev–Trinajstić information content (AvgIpc) is 2.82. The molecule has 2 aliphatic rings. The highest BCUT2D eigenvalue weighted by molar-refractivity contribution is 6.64. The smallest absolute Gasteiger partial charge is 0.502 e. The van der Waals surface area contributed by atoms with Gasteiger partial charge in [-0.25, -0.2) is 0 Å². The number of aromatic nitrogens is 1. The van der Waals surface area contributed by atoms with E-state index in [1.54, 1.807) is 18.0 Å². The molecule has 19 heavy (non-hydrogen) atoms. The molecule has 3 rings (SSSR count). The molecule has 1 unspecified atom stereocenters. The number of pyridine rings is 1. The van der Waals surface area contributed by atoms with E-state index in [2.05, 4.69) is 4.98 Å². The standard InChI is InChI=1S/C11H12B2N2O4/c1-15-5-7(16)11(6-15)10(17)18-13(19-11)9-4-2-3-8(12)14-9/h2-4H,5-6,12H2,1H3. The largest absolute Gasteiger partial charge is 0.585 e. The van der Waals surface area contributed by atoms with Crippen molar-refractivity contribution in [3.8, 4) is 0 Å². The maximum Gasteiger partial charge on any atom is 0.585 e. The SMILES string of the molecule is Bc1cccc(B2OC(=O)C3(CN(C)CC3=O)O2)n1. The van der Waals surface area contributed by atoms with Crippen LogP contribution in [0.3, 0.4) is 0 Å². The molecule has 6 nitrogen and oxygen atoms in total. The molecule has 0 N–H and O–H groups in total. The third-order valence-corrected chi connectivity index (χ3v) is 3.36. The van der Waals surface area contributed by atoms with Gasteiger partial charge in [0.2, 0.25) is 5.60 Å². The number of Topliss-reactive ketones (excluding diaryl/α,β-unsaturated/α-hetero) is 1. The summed E-state index contributed by atoms with van der Waals surface area (Å²) in [5.41, 5.74) is -0.161.